The first-order chi connectivity index (χ1) is 12.7. The van der Waals surface area contributed by atoms with Crippen LogP contribution in [0, 0.1) is 17.3 Å². The van der Waals surface area contributed by atoms with Gasteiger partial charge >= 0.3 is 0 Å². The molecule has 1 aliphatic carbocycles. The molecule has 0 radical (unpaired) electrons. The van der Waals surface area contributed by atoms with Crippen molar-refractivity contribution in [3.05, 3.63) is 45.2 Å². The van der Waals surface area contributed by atoms with Crippen molar-refractivity contribution in [2.45, 2.75) is 65.5 Å². The maximum atomic E-state index is 8.83. The summed E-state index contributed by atoms with van der Waals surface area (Å²) in [5.41, 5.74) is 3.56. The summed E-state index contributed by atoms with van der Waals surface area (Å²) in [7, 11) is 0. The van der Waals surface area contributed by atoms with Crippen molar-refractivity contribution >= 4 is 11.3 Å². The van der Waals surface area contributed by atoms with Gasteiger partial charge in [0.15, 0.2) is 0 Å². The number of fused-ring (bicyclic) bond motifs is 1. The first-order valence-corrected chi connectivity index (χ1v) is 10.3. The summed E-state index contributed by atoms with van der Waals surface area (Å²) < 4.78 is 0. The number of aromatic nitrogens is 2. The fraction of sp³-hybridized carbons (Fsp3) is 0.545. The molecule has 4 nitrogen and oxygen atoms in total. The molecule has 0 aliphatic heterocycles. The molecule has 0 saturated carbocycles. The Morgan fingerprint density at radius 3 is 2.85 bits per heavy atom. The van der Waals surface area contributed by atoms with Gasteiger partial charge in [-0.3, -0.25) is 0 Å². The van der Waals surface area contributed by atoms with E-state index in [1.165, 1.54) is 16.1 Å². The quantitative estimate of drug-likeness (QED) is 0.787. The molecule has 2 aromatic rings. The summed E-state index contributed by atoms with van der Waals surface area (Å²) in [5.74, 6) is 6.58. The Morgan fingerprint density at radius 2 is 2.15 bits per heavy atom. The van der Waals surface area contributed by atoms with Crippen molar-refractivity contribution in [3.8, 4) is 11.8 Å². The second kappa shape index (κ2) is 7.71. The molecule has 27 heavy (non-hydrogen) atoms. The SMILES string of the molecule is CC1(C)Cc2nc(C(C)(C)C)ncc2C(NCc2cc(C#CCO)cs2)C1. The zero-order valence-corrected chi connectivity index (χ0v) is 17.7. The third-order valence-electron chi connectivity index (χ3n) is 4.84. The van der Waals surface area contributed by atoms with Gasteiger partial charge in [0.2, 0.25) is 0 Å². The van der Waals surface area contributed by atoms with Crippen molar-refractivity contribution in [3.63, 3.8) is 0 Å². The van der Waals surface area contributed by atoms with Crippen LogP contribution in [0.3, 0.4) is 0 Å². The predicted octanol–water partition coefficient (Wildman–Crippen LogP) is 3.98. The van der Waals surface area contributed by atoms with Crippen LogP contribution >= 0.6 is 11.3 Å². The molecule has 3 rings (SSSR count). The fourth-order valence-electron chi connectivity index (χ4n) is 3.49. The predicted molar refractivity (Wildman–Crippen MR) is 111 cm³/mol. The lowest BCUT2D eigenvalue weighted by atomic mass is 9.74. The molecule has 1 unspecified atom stereocenters. The average molecular weight is 384 g/mol. The summed E-state index contributed by atoms with van der Waals surface area (Å²) >= 11 is 1.70. The van der Waals surface area contributed by atoms with Gasteiger partial charge in [0.05, 0.1) is 0 Å². The van der Waals surface area contributed by atoms with Crippen LogP contribution in [0.2, 0.25) is 0 Å². The Morgan fingerprint density at radius 1 is 1.37 bits per heavy atom. The van der Waals surface area contributed by atoms with Gasteiger partial charge < -0.3 is 10.4 Å². The molecule has 0 spiro atoms. The number of aliphatic hydroxyl groups excluding tert-OH is 1. The van der Waals surface area contributed by atoms with E-state index >= 15 is 0 Å². The lowest BCUT2D eigenvalue weighted by Crippen LogP contribution is -2.34. The Kier molecular flexibility index (Phi) is 5.71. The number of hydrogen-bond donors (Lipinski definition) is 2. The van der Waals surface area contributed by atoms with Crippen LogP contribution in [0.25, 0.3) is 0 Å². The standard InChI is InChI=1S/C22H29N3OS/c1-21(2,3)20-24-13-17-18(10-22(4,5)11-19(17)25-20)23-12-16-9-15(14-27-16)7-6-8-26/h9,13-14,18,23,26H,8,10-12H2,1-5H3. The van der Waals surface area contributed by atoms with Crippen LogP contribution in [0.5, 0.6) is 0 Å². The summed E-state index contributed by atoms with van der Waals surface area (Å²) in [5, 5.41) is 14.6. The molecular weight excluding hydrogens is 354 g/mol. The minimum atomic E-state index is -0.103. The molecule has 2 aromatic heterocycles. The summed E-state index contributed by atoms with van der Waals surface area (Å²) in [6, 6.07) is 2.35. The first kappa shape index (κ1) is 20.0. The van der Waals surface area contributed by atoms with E-state index in [0.717, 1.165) is 30.8 Å². The molecule has 2 heterocycles. The number of thiophene rings is 1. The Labute approximate surface area is 166 Å². The second-order valence-corrected chi connectivity index (χ2v) is 10.1. The Bertz CT molecular complexity index is 868. The molecule has 2 N–H and O–H groups in total. The largest absolute Gasteiger partial charge is 0.384 e. The van der Waals surface area contributed by atoms with E-state index in [2.05, 4.69) is 62.8 Å². The zero-order chi connectivity index (χ0) is 19.7. The third-order valence-corrected chi connectivity index (χ3v) is 5.77. The van der Waals surface area contributed by atoms with Crippen LogP contribution in [0.15, 0.2) is 17.6 Å². The first-order valence-electron chi connectivity index (χ1n) is 9.45. The van der Waals surface area contributed by atoms with E-state index < -0.39 is 0 Å². The second-order valence-electron chi connectivity index (χ2n) is 9.09. The van der Waals surface area contributed by atoms with Gasteiger partial charge in [0.25, 0.3) is 0 Å². The number of nitrogens with one attached hydrogen (secondary N) is 1. The van der Waals surface area contributed by atoms with Crippen molar-refractivity contribution in [2.24, 2.45) is 5.41 Å². The summed E-state index contributed by atoms with van der Waals surface area (Å²) in [4.78, 5) is 10.8. The van der Waals surface area contributed by atoms with Gasteiger partial charge in [-0.2, -0.15) is 0 Å². The van der Waals surface area contributed by atoms with Crippen molar-refractivity contribution in [1.29, 1.82) is 0 Å². The fourth-order valence-corrected chi connectivity index (χ4v) is 4.26. The maximum Gasteiger partial charge on any atom is 0.133 e. The van der Waals surface area contributed by atoms with E-state index in [1.54, 1.807) is 11.3 Å². The van der Waals surface area contributed by atoms with Crippen LogP contribution in [-0.4, -0.2) is 21.7 Å². The highest BCUT2D eigenvalue weighted by molar-refractivity contribution is 7.10. The van der Waals surface area contributed by atoms with Crippen molar-refractivity contribution < 1.29 is 5.11 Å². The average Bonchev–Trinajstić information content (AvgIpc) is 3.03. The molecule has 1 atom stereocenters. The molecule has 0 amide bonds. The van der Waals surface area contributed by atoms with Crippen LogP contribution < -0.4 is 5.32 Å². The van der Waals surface area contributed by atoms with Crippen LogP contribution in [-0.2, 0) is 18.4 Å². The molecule has 0 aromatic carbocycles. The highest BCUT2D eigenvalue weighted by Gasteiger charge is 2.34. The minimum Gasteiger partial charge on any atom is -0.384 e. The highest BCUT2D eigenvalue weighted by Crippen LogP contribution is 2.40. The van der Waals surface area contributed by atoms with E-state index in [1.807, 2.05) is 11.6 Å². The number of hydrogen-bond acceptors (Lipinski definition) is 5. The van der Waals surface area contributed by atoms with Crippen LogP contribution in [0.1, 0.15) is 74.6 Å². The van der Waals surface area contributed by atoms with Gasteiger partial charge in [0.1, 0.15) is 12.4 Å². The van der Waals surface area contributed by atoms with E-state index in [9.17, 15) is 0 Å². The molecule has 0 fully saturated rings. The molecule has 144 valence electrons. The summed E-state index contributed by atoms with van der Waals surface area (Å²) in [6.07, 6.45) is 4.09. The normalized spacial score (nSPS) is 18.5. The molecule has 0 bridgehead atoms. The van der Waals surface area contributed by atoms with Gasteiger partial charge in [0, 0.05) is 51.3 Å². The van der Waals surface area contributed by atoms with Gasteiger partial charge in [-0.15, -0.1) is 11.3 Å². The third kappa shape index (κ3) is 4.95. The molecule has 5 heteroatoms. The molecule has 0 saturated heterocycles. The van der Waals surface area contributed by atoms with E-state index in [4.69, 9.17) is 10.1 Å². The Balaban J connectivity index is 1.79. The number of rotatable bonds is 3. The lowest BCUT2D eigenvalue weighted by molar-refractivity contribution is 0.251. The zero-order valence-electron chi connectivity index (χ0n) is 16.9. The van der Waals surface area contributed by atoms with Crippen molar-refractivity contribution in [1.82, 2.24) is 15.3 Å². The summed E-state index contributed by atoms with van der Waals surface area (Å²) in [6.45, 7) is 11.8. The van der Waals surface area contributed by atoms with Gasteiger partial charge in [-0.25, -0.2) is 9.97 Å². The minimum absolute atomic E-state index is 0.0392. The highest BCUT2D eigenvalue weighted by atomic mass is 32.1. The number of aliphatic hydroxyl groups is 1. The molecular formula is C22H29N3OS. The topological polar surface area (TPSA) is 58.0 Å². The van der Waals surface area contributed by atoms with Gasteiger partial charge in [-0.1, -0.05) is 46.5 Å². The van der Waals surface area contributed by atoms with Crippen LogP contribution in [0.4, 0.5) is 0 Å². The van der Waals surface area contributed by atoms with E-state index in [0.29, 0.717) is 0 Å². The van der Waals surface area contributed by atoms with E-state index in [-0.39, 0.29) is 23.5 Å². The maximum absolute atomic E-state index is 8.83. The Hall–Kier alpha value is -1.74. The lowest BCUT2D eigenvalue weighted by Gasteiger charge is -2.37. The van der Waals surface area contributed by atoms with Crippen molar-refractivity contribution in [2.75, 3.05) is 6.61 Å². The van der Waals surface area contributed by atoms with Gasteiger partial charge in [-0.05, 0) is 24.3 Å². The monoisotopic (exact) mass is 383 g/mol. The molecule has 1 aliphatic rings. The smallest absolute Gasteiger partial charge is 0.133 e. The number of nitrogens with zero attached hydrogens (tertiary/aromatic N) is 2.